The van der Waals surface area contributed by atoms with Crippen LogP contribution >= 0.6 is 0 Å². The van der Waals surface area contributed by atoms with Crippen LogP contribution < -0.4 is 10.1 Å². The predicted octanol–water partition coefficient (Wildman–Crippen LogP) is 2.11. The molecule has 0 atom stereocenters. The van der Waals surface area contributed by atoms with Crippen LogP contribution in [-0.2, 0) is 0 Å². The molecule has 0 radical (unpaired) electrons. The summed E-state index contributed by atoms with van der Waals surface area (Å²) in [6.45, 7) is 0. The van der Waals surface area contributed by atoms with Crippen LogP contribution in [0, 0.1) is 5.82 Å². The molecule has 6 heteroatoms. The number of rotatable bonds is 3. The number of amides is 2. The molecule has 2 amide bonds. The summed E-state index contributed by atoms with van der Waals surface area (Å²) in [4.78, 5) is 23.8. The van der Waals surface area contributed by atoms with Crippen molar-refractivity contribution in [2.45, 2.75) is 0 Å². The summed E-state index contributed by atoms with van der Waals surface area (Å²) in [5, 5.41) is 11.6. The highest BCUT2D eigenvalue weighted by Gasteiger charge is 2.18. The second-order valence-corrected chi connectivity index (χ2v) is 4.15. The minimum Gasteiger partial charge on any atom is -0.507 e. The average molecular weight is 289 g/mol. The lowest BCUT2D eigenvalue weighted by Gasteiger charge is -2.08. The number of halogens is 1. The highest BCUT2D eigenvalue weighted by Crippen LogP contribution is 2.22. The number of methoxy groups -OCH3 is 1. The summed E-state index contributed by atoms with van der Waals surface area (Å²) in [6, 6.07) is 9.28. The van der Waals surface area contributed by atoms with Crippen LogP contribution in [0.25, 0.3) is 0 Å². The van der Waals surface area contributed by atoms with E-state index >= 15 is 0 Å². The van der Waals surface area contributed by atoms with E-state index in [1.807, 2.05) is 5.32 Å². The molecule has 0 aliphatic rings. The molecular weight excluding hydrogens is 277 g/mol. The third-order valence-electron chi connectivity index (χ3n) is 2.79. The topological polar surface area (TPSA) is 75.6 Å². The van der Waals surface area contributed by atoms with E-state index in [4.69, 9.17) is 4.74 Å². The molecule has 108 valence electrons. The molecule has 2 rings (SSSR count). The maximum atomic E-state index is 13.4. The van der Waals surface area contributed by atoms with E-state index < -0.39 is 17.6 Å². The minimum atomic E-state index is -0.889. The number of hydrogen-bond acceptors (Lipinski definition) is 4. The molecule has 2 aromatic rings. The molecule has 0 unspecified atom stereocenters. The van der Waals surface area contributed by atoms with Crippen LogP contribution in [0.4, 0.5) is 4.39 Å². The van der Waals surface area contributed by atoms with Crippen LogP contribution in [0.15, 0.2) is 42.5 Å². The zero-order chi connectivity index (χ0) is 15.4. The van der Waals surface area contributed by atoms with Crippen molar-refractivity contribution in [3.63, 3.8) is 0 Å². The number of imide groups is 1. The highest BCUT2D eigenvalue weighted by molar-refractivity contribution is 6.11. The van der Waals surface area contributed by atoms with Crippen molar-refractivity contribution in [1.82, 2.24) is 5.32 Å². The largest absolute Gasteiger partial charge is 0.507 e. The van der Waals surface area contributed by atoms with Gasteiger partial charge in [-0.25, -0.2) is 4.39 Å². The van der Waals surface area contributed by atoms with Gasteiger partial charge in [0.15, 0.2) is 0 Å². The Labute approximate surface area is 120 Å². The standard InChI is InChI=1S/C15H12FNO4/c1-21-9-6-7-13(18)11(8-9)15(20)17-14(19)10-4-2-3-5-12(10)16/h2-8,18H,1H3,(H,17,19,20). The van der Waals surface area contributed by atoms with Crippen LogP contribution in [0.2, 0.25) is 0 Å². The molecule has 0 bridgehead atoms. The predicted molar refractivity (Wildman–Crippen MR) is 72.9 cm³/mol. The molecule has 21 heavy (non-hydrogen) atoms. The number of phenols is 1. The van der Waals surface area contributed by atoms with Crippen molar-refractivity contribution in [3.8, 4) is 11.5 Å². The van der Waals surface area contributed by atoms with Crippen molar-refractivity contribution in [2.75, 3.05) is 7.11 Å². The molecule has 0 heterocycles. The summed E-state index contributed by atoms with van der Waals surface area (Å²) in [5.74, 6) is -2.44. The number of nitrogens with one attached hydrogen (secondary N) is 1. The van der Waals surface area contributed by atoms with Crippen molar-refractivity contribution in [1.29, 1.82) is 0 Å². The Bertz CT molecular complexity index is 700. The minimum absolute atomic E-state index is 0.140. The van der Waals surface area contributed by atoms with Crippen molar-refractivity contribution < 1.29 is 23.8 Å². The third-order valence-corrected chi connectivity index (χ3v) is 2.79. The fourth-order valence-corrected chi connectivity index (χ4v) is 1.71. The van der Waals surface area contributed by atoms with Crippen LogP contribution in [0.3, 0.4) is 0 Å². The lowest BCUT2D eigenvalue weighted by molar-refractivity contribution is 0.0845. The van der Waals surface area contributed by atoms with E-state index in [0.29, 0.717) is 5.75 Å². The van der Waals surface area contributed by atoms with Crippen molar-refractivity contribution >= 4 is 11.8 Å². The Morgan fingerprint density at radius 1 is 1.10 bits per heavy atom. The van der Waals surface area contributed by atoms with Gasteiger partial charge in [-0.05, 0) is 30.3 Å². The van der Waals surface area contributed by atoms with Gasteiger partial charge in [-0.1, -0.05) is 12.1 Å². The van der Waals surface area contributed by atoms with Gasteiger partial charge in [0.2, 0.25) is 0 Å². The number of hydrogen-bond donors (Lipinski definition) is 2. The molecule has 2 aromatic carbocycles. The quantitative estimate of drug-likeness (QED) is 0.849. The SMILES string of the molecule is COc1ccc(O)c(C(=O)NC(=O)c2ccccc2F)c1. The van der Waals surface area contributed by atoms with Gasteiger partial charge >= 0.3 is 0 Å². The second-order valence-electron chi connectivity index (χ2n) is 4.15. The Morgan fingerprint density at radius 3 is 2.43 bits per heavy atom. The molecular formula is C15H12FNO4. The summed E-state index contributed by atoms with van der Waals surface area (Å²) < 4.78 is 18.4. The first-order chi connectivity index (χ1) is 10.0. The average Bonchev–Trinajstić information content (AvgIpc) is 2.48. The van der Waals surface area contributed by atoms with Crippen molar-refractivity contribution in [3.05, 3.63) is 59.4 Å². The summed E-state index contributed by atoms with van der Waals surface area (Å²) in [7, 11) is 1.40. The molecule has 2 N–H and O–H groups in total. The molecule has 0 aromatic heterocycles. The summed E-state index contributed by atoms with van der Waals surface area (Å²) in [6.07, 6.45) is 0. The van der Waals surface area contributed by atoms with Gasteiger partial charge in [0.05, 0.1) is 18.2 Å². The van der Waals surface area contributed by atoms with Gasteiger partial charge < -0.3 is 9.84 Å². The van der Waals surface area contributed by atoms with Gasteiger partial charge in [-0.15, -0.1) is 0 Å². The van der Waals surface area contributed by atoms with Crippen LogP contribution in [-0.4, -0.2) is 24.0 Å². The molecule has 0 aliphatic carbocycles. The Hall–Kier alpha value is -2.89. The molecule has 0 saturated heterocycles. The number of benzene rings is 2. The lowest BCUT2D eigenvalue weighted by atomic mass is 10.1. The first-order valence-corrected chi connectivity index (χ1v) is 6.00. The van der Waals surface area contributed by atoms with Gasteiger partial charge in [0.25, 0.3) is 11.8 Å². The summed E-state index contributed by atoms with van der Waals surface area (Å²) in [5.41, 5.74) is -0.396. The summed E-state index contributed by atoms with van der Waals surface area (Å²) >= 11 is 0. The van der Waals surface area contributed by atoms with Gasteiger partial charge in [-0.3, -0.25) is 14.9 Å². The highest BCUT2D eigenvalue weighted by atomic mass is 19.1. The van der Waals surface area contributed by atoms with Gasteiger partial charge in [-0.2, -0.15) is 0 Å². The fourth-order valence-electron chi connectivity index (χ4n) is 1.71. The van der Waals surface area contributed by atoms with Crippen LogP contribution in [0.1, 0.15) is 20.7 Å². The molecule has 0 fully saturated rings. The number of phenolic OH excluding ortho intramolecular Hbond substituents is 1. The number of carbonyl (C=O) groups excluding carboxylic acids is 2. The second kappa shape index (κ2) is 6.04. The molecule has 0 aliphatic heterocycles. The first-order valence-electron chi connectivity index (χ1n) is 6.00. The Balaban J connectivity index is 2.22. The normalized spacial score (nSPS) is 10.0. The maximum Gasteiger partial charge on any atom is 0.262 e. The van der Waals surface area contributed by atoms with E-state index in [2.05, 4.69) is 0 Å². The van der Waals surface area contributed by atoms with Gasteiger partial charge in [0, 0.05) is 0 Å². The number of aromatic hydroxyl groups is 1. The first kappa shape index (κ1) is 14.5. The maximum absolute atomic E-state index is 13.4. The van der Waals surface area contributed by atoms with E-state index in [-0.39, 0.29) is 16.9 Å². The molecule has 0 saturated carbocycles. The lowest BCUT2D eigenvalue weighted by Crippen LogP contribution is -2.31. The fraction of sp³-hybridized carbons (Fsp3) is 0.0667. The molecule has 5 nitrogen and oxygen atoms in total. The smallest absolute Gasteiger partial charge is 0.262 e. The third kappa shape index (κ3) is 3.17. The van der Waals surface area contributed by atoms with E-state index in [9.17, 15) is 19.1 Å². The number of carbonyl (C=O) groups is 2. The van der Waals surface area contributed by atoms with E-state index in [1.165, 1.54) is 43.5 Å². The molecule has 0 spiro atoms. The van der Waals surface area contributed by atoms with E-state index in [0.717, 1.165) is 6.07 Å². The van der Waals surface area contributed by atoms with E-state index in [1.54, 1.807) is 0 Å². The Morgan fingerprint density at radius 2 is 1.76 bits per heavy atom. The zero-order valence-corrected chi connectivity index (χ0v) is 11.1. The zero-order valence-electron chi connectivity index (χ0n) is 11.1. The van der Waals surface area contributed by atoms with Crippen LogP contribution in [0.5, 0.6) is 11.5 Å². The van der Waals surface area contributed by atoms with Gasteiger partial charge in [0.1, 0.15) is 17.3 Å². The monoisotopic (exact) mass is 289 g/mol. The van der Waals surface area contributed by atoms with Crippen molar-refractivity contribution in [2.24, 2.45) is 0 Å². The number of ether oxygens (including phenoxy) is 1. The Kier molecular flexibility index (Phi) is 4.18.